The molecule has 1 aliphatic heterocycles. The lowest BCUT2D eigenvalue weighted by Crippen LogP contribution is -2.34. The molecule has 20 heavy (non-hydrogen) atoms. The Balaban J connectivity index is 1.92. The Labute approximate surface area is 123 Å². The second kappa shape index (κ2) is 6.57. The van der Waals surface area contributed by atoms with Gasteiger partial charge in [-0.05, 0) is 36.0 Å². The molecule has 2 rings (SSSR count). The van der Waals surface area contributed by atoms with Crippen molar-refractivity contribution < 1.29 is 8.78 Å². The SMILES string of the molecule is CCC1(CC)CN=C(NCc2ccc(F)c(F)c2)SC1. The van der Waals surface area contributed by atoms with Gasteiger partial charge in [-0.1, -0.05) is 31.7 Å². The lowest BCUT2D eigenvalue weighted by Gasteiger charge is -2.33. The third kappa shape index (κ3) is 3.51. The van der Waals surface area contributed by atoms with Crippen molar-refractivity contribution in [3.8, 4) is 0 Å². The Kier molecular flexibility index (Phi) is 5.02. The molecule has 0 unspecified atom stereocenters. The van der Waals surface area contributed by atoms with E-state index in [2.05, 4.69) is 24.2 Å². The predicted octanol–water partition coefficient (Wildman–Crippen LogP) is 3.96. The molecule has 5 heteroatoms. The summed E-state index contributed by atoms with van der Waals surface area (Å²) in [6.07, 6.45) is 2.27. The van der Waals surface area contributed by atoms with Crippen molar-refractivity contribution >= 4 is 16.9 Å². The van der Waals surface area contributed by atoms with E-state index in [1.54, 1.807) is 17.8 Å². The van der Waals surface area contributed by atoms with Crippen LogP contribution in [0.3, 0.4) is 0 Å². The van der Waals surface area contributed by atoms with E-state index in [1.807, 2.05) is 0 Å². The summed E-state index contributed by atoms with van der Waals surface area (Å²) in [5.74, 6) is -0.559. The van der Waals surface area contributed by atoms with Gasteiger partial charge in [0, 0.05) is 18.8 Å². The standard InChI is InChI=1S/C15H20F2N2S/c1-3-15(4-2)9-19-14(20-10-15)18-8-11-5-6-12(16)13(17)7-11/h5-7H,3-4,8-10H2,1-2H3,(H,18,19). The van der Waals surface area contributed by atoms with Crippen molar-refractivity contribution in [2.24, 2.45) is 10.4 Å². The molecule has 0 radical (unpaired) electrons. The lowest BCUT2D eigenvalue weighted by atomic mass is 9.84. The second-order valence-electron chi connectivity index (χ2n) is 5.22. The van der Waals surface area contributed by atoms with Gasteiger partial charge in [0.2, 0.25) is 0 Å². The molecule has 1 aliphatic rings. The first-order chi connectivity index (χ1) is 9.58. The molecule has 0 amide bonds. The van der Waals surface area contributed by atoms with E-state index in [9.17, 15) is 8.78 Å². The van der Waals surface area contributed by atoms with E-state index in [0.29, 0.717) is 12.0 Å². The largest absolute Gasteiger partial charge is 0.361 e. The van der Waals surface area contributed by atoms with E-state index in [0.717, 1.165) is 41.9 Å². The molecule has 0 aliphatic carbocycles. The zero-order chi connectivity index (χ0) is 14.6. The maximum Gasteiger partial charge on any atom is 0.159 e. The van der Waals surface area contributed by atoms with Crippen LogP contribution in [0.4, 0.5) is 8.78 Å². The van der Waals surface area contributed by atoms with Gasteiger partial charge in [-0.25, -0.2) is 8.78 Å². The molecule has 1 N–H and O–H groups in total. The van der Waals surface area contributed by atoms with Crippen LogP contribution in [-0.4, -0.2) is 17.5 Å². The Morgan fingerprint density at radius 1 is 1.25 bits per heavy atom. The van der Waals surface area contributed by atoms with E-state index < -0.39 is 11.6 Å². The van der Waals surface area contributed by atoms with Gasteiger partial charge in [0.05, 0.1) is 0 Å². The van der Waals surface area contributed by atoms with E-state index >= 15 is 0 Å². The van der Waals surface area contributed by atoms with Crippen LogP contribution in [-0.2, 0) is 6.54 Å². The number of rotatable bonds is 4. The molecule has 1 heterocycles. The highest BCUT2D eigenvalue weighted by molar-refractivity contribution is 8.13. The van der Waals surface area contributed by atoms with Gasteiger partial charge >= 0.3 is 0 Å². The van der Waals surface area contributed by atoms with Crippen LogP contribution in [0.25, 0.3) is 0 Å². The number of thioether (sulfide) groups is 1. The average molecular weight is 298 g/mol. The second-order valence-corrected chi connectivity index (χ2v) is 6.18. The summed E-state index contributed by atoms with van der Waals surface area (Å²) in [5.41, 5.74) is 1.03. The summed E-state index contributed by atoms with van der Waals surface area (Å²) in [5, 5.41) is 4.09. The smallest absolute Gasteiger partial charge is 0.159 e. The number of benzene rings is 1. The maximum atomic E-state index is 13.1. The van der Waals surface area contributed by atoms with Gasteiger partial charge in [0.25, 0.3) is 0 Å². The molecular weight excluding hydrogens is 278 g/mol. The van der Waals surface area contributed by atoms with Gasteiger partial charge in [-0.2, -0.15) is 0 Å². The summed E-state index contributed by atoms with van der Waals surface area (Å²) < 4.78 is 25.9. The number of nitrogens with zero attached hydrogens (tertiary/aromatic N) is 1. The summed E-state index contributed by atoms with van der Waals surface area (Å²) in [4.78, 5) is 4.58. The Bertz CT molecular complexity index is 499. The molecule has 0 atom stereocenters. The van der Waals surface area contributed by atoms with Crippen LogP contribution in [0, 0.1) is 17.0 Å². The molecule has 110 valence electrons. The van der Waals surface area contributed by atoms with Crippen LogP contribution in [0.5, 0.6) is 0 Å². The van der Waals surface area contributed by atoms with Crippen LogP contribution < -0.4 is 5.32 Å². The molecule has 0 aromatic heterocycles. The van der Waals surface area contributed by atoms with Gasteiger partial charge in [0.1, 0.15) is 0 Å². The van der Waals surface area contributed by atoms with Crippen molar-refractivity contribution in [1.82, 2.24) is 5.32 Å². The minimum absolute atomic E-state index is 0.317. The molecule has 0 fully saturated rings. The van der Waals surface area contributed by atoms with E-state index in [4.69, 9.17) is 0 Å². The minimum Gasteiger partial charge on any atom is -0.361 e. The first-order valence-corrected chi connectivity index (χ1v) is 7.92. The summed E-state index contributed by atoms with van der Waals surface area (Å²) in [6.45, 7) is 5.72. The number of aliphatic imine (C=N–C) groups is 1. The number of nitrogens with one attached hydrogen (secondary N) is 1. The number of hydrogen-bond donors (Lipinski definition) is 1. The summed E-state index contributed by atoms with van der Waals surface area (Å²) in [6, 6.07) is 3.96. The van der Waals surface area contributed by atoms with Gasteiger partial charge in [0.15, 0.2) is 16.8 Å². The van der Waals surface area contributed by atoms with Crippen molar-refractivity contribution in [3.63, 3.8) is 0 Å². The Hall–Kier alpha value is -1.10. The van der Waals surface area contributed by atoms with Crippen molar-refractivity contribution in [1.29, 1.82) is 0 Å². The Morgan fingerprint density at radius 3 is 2.55 bits per heavy atom. The van der Waals surface area contributed by atoms with Crippen molar-refractivity contribution in [3.05, 3.63) is 35.4 Å². The Morgan fingerprint density at radius 2 is 2.00 bits per heavy atom. The molecule has 2 nitrogen and oxygen atoms in total. The highest BCUT2D eigenvalue weighted by atomic mass is 32.2. The fourth-order valence-corrected chi connectivity index (χ4v) is 3.44. The van der Waals surface area contributed by atoms with Crippen LogP contribution in [0.15, 0.2) is 23.2 Å². The van der Waals surface area contributed by atoms with Crippen molar-refractivity contribution in [2.45, 2.75) is 33.2 Å². The highest BCUT2D eigenvalue weighted by Crippen LogP contribution is 2.34. The molecule has 0 bridgehead atoms. The van der Waals surface area contributed by atoms with Gasteiger partial charge < -0.3 is 5.32 Å². The molecular formula is C15H20F2N2S. The average Bonchev–Trinajstić information content (AvgIpc) is 2.49. The first-order valence-electron chi connectivity index (χ1n) is 6.93. The summed E-state index contributed by atoms with van der Waals surface area (Å²) in [7, 11) is 0. The summed E-state index contributed by atoms with van der Waals surface area (Å²) >= 11 is 1.72. The quantitative estimate of drug-likeness (QED) is 0.910. The molecule has 1 aromatic rings. The number of amidine groups is 1. The molecule has 0 saturated carbocycles. The van der Waals surface area contributed by atoms with Gasteiger partial charge in [-0.15, -0.1) is 0 Å². The number of hydrogen-bond acceptors (Lipinski definition) is 3. The monoisotopic (exact) mass is 298 g/mol. The lowest BCUT2D eigenvalue weighted by molar-refractivity contribution is 0.318. The predicted molar refractivity (Wildman–Crippen MR) is 81.0 cm³/mol. The zero-order valence-electron chi connectivity index (χ0n) is 11.9. The van der Waals surface area contributed by atoms with Crippen LogP contribution in [0.2, 0.25) is 0 Å². The highest BCUT2D eigenvalue weighted by Gasteiger charge is 2.29. The fraction of sp³-hybridized carbons (Fsp3) is 0.533. The topological polar surface area (TPSA) is 24.4 Å². The third-order valence-electron chi connectivity index (χ3n) is 4.00. The van der Waals surface area contributed by atoms with Crippen molar-refractivity contribution in [2.75, 3.05) is 12.3 Å². The normalized spacial score (nSPS) is 17.7. The molecule has 1 aromatic carbocycles. The fourth-order valence-electron chi connectivity index (χ4n) is 2.16. The van der Waals surface area contributed by atoms with Crippen LogP contribution >= 0.6 is 11.8 Å². The minimum atomic E-state index is -0.811. The van der Waals surface area contributed by atoms with E-state index in [1.165, 1.54) is 6.07 Å². The third-order valence-corrected chi connectivity index (χ3v) is 5.30. The van der Waals surface area contributed by atoms with E-state index in [-0.39, 0.29) is 0 Å². The first kappa shape index (κ1) is 15.3. The van der Waals surface area contributed by atoms with Gasteiger partial charge in [-0.3, -0.25) is 4.99 Å². The number of halogens is 2. The molecule has 0 spiro atoms. The molecule has 0 saturated heterocycles. The van der Waals surface area contributed by atoms with Crippen LogP contribution in [0.1, 0.15) is 32.3 Å². The maximum absolute atomic E-state index is 13.1. The zero-order valence-corrected chi connectivity index (χ0v) is 12.7.